The Morgan fingerprint density at radius 3 is 1.56 bits per heavy atom. The van der Waals surface area contributed by atoms with Gasteiger partial charge in [0.1, 0.15) is 0 Å². The van der Waals surface area contributed by atoms with E-state index in [1.165, 1.54) is 15.6 Å². The molecule has 8 aromatic rings. The van der Waals surface area contributed by atoms with Crippen LogP contribution in [-0.4, -0.2) is 12.6 Å². The van der Waals surface area contributed by atoms with Crippen LogP contribution >= 0.6 is 0 Å². The van der Waals surface area contributed by atoms with E-state index in [-0.39, 0.29) is 0 Å². The summed E-state index contributed by atoms with van der Waals surface area (Å²) in [5.41, 5.74) is 5.99. The molecule has 1 aromatic heterocycles. The maximum Gasteiger partial charge on any atom is 0.180 e. The monoisotopic (exact) mass is 652 g/mol. The summed E-state index contributed by atoms with van der Waals surface area (Å²) >= 11 is 0. The molecule has 0 saturated carbocycles. The smallest absolute Gasteiger partial charge is 0.180 e. The van der Waals surface area contributed by atoms with Gasteiger partial charge in [-0.05, 0) is 57.1 Å². The highest BCUT2D eigenvalue weighted by Crippen LogP contribution is 2.38. The van der Waals surface area contributed by atoms with E-state index in [9.17, 15) is 15.8 Å². The van der Waals surface area contributed by atoms with E-state index in [0.717, 1.165) is 43.8 Å². The van der Waals surface area contributed by atoms with Crippen LogP contribution in [0.5, 0.6) is 0 Å². The topological polar surface area (TPSA) is 76.3 Å². The lowest BCUT2D eigenvalue weighted by Crippen LogP contribution is -2.75. The van der Waals surface area contributed by atoms with Gasteiger partial charge in [0.15, 0.2) is 8.07 Å². The van der Waals surface area contributed by atoms with Crippen molar-refractivity contribution in [2.45, 2.75) is 0 Å². The zero-order valence-corrected chi connectivity index (χ0v) is 28.0. The van der Waals surface area contributed by atoms with E-state index in [1.54, 1.807) is 0 Å². The van der Waals surface area contributed by atoms with Gasteiger partial charge in [-0.3, -0.25) is 0 Å². The molecule has 0 unspecified atom stereocenters. The molecular weight excluding hydrogens is 625 g/mol. The fourth-order valence-electron chi connectivity index (χ4n) is 7.56. The summed E-state index contributed by atoms with van der Waals surface area (Å²) in [6.45, 7) is 0. The van der Waals surface area contributed by atoms with Crippen molar-refractivity contribution in [1.29, 1.82) is 15.8 Å². The largest absolute Gasteiger partial charge is 0.309 e. The highest BCUT2D eigenvalue weighted by atomic mass is 28.3. The molecule has 8 rings (SSSR count). The predicted octanol–water partition coefficient (Wildman–Crippen LogP) is 7.44. The number of nitrogens with zero attached hydrogens (tertiary/aromatic N) is 4. The molecule has 50 heavy (non-hydrogen) atoms. The van der Waals surface area contributed by atoms with Gasteiger partial charge in [-0.2, -0.15) is 15.8 Å². The average molecular weight is 653 g/mol. The number of hydrogen-bond donors (Lipinski definition) is 0. The van der Waals surface area contributed by atoms with Crippen molar-refractivity contribution in [2.24, 2.45) is 0 Å². The summed E-state index contributed by atoms with van der Waals surface area (Å²) in [5, 5.41) is 37.6. The van der Waals surface area contributed by atoms with E-state index in [0.29, 0.717) is 16.7 Å². The number of para-hydroxylation sites is 1. The molecule has 0 radical (unpaired) electrons. The molecule has 0 amide bonds. The van der Waals surface area contributed by atoms with E-state index >= 15 is 0 Å². The molecule has 0 spiro atoms. The lowest BCUT2D eigenvalue weighted by Gasteiger charge is -2.35. The molecule has 0 bridgehead atoms. The van der Waals surface area contributed by atoms with E-state index in [4.69, 9.17) is 0 Å². The van der Waals surface area contributed by atoms with Crippen LogP contribution in [0.2, 0.25) is 0 Å². The first-order valence-electron chi connectivity index (χ1n) is 16.4. The van der Waals surface area contributed by atoms with Gasteiger partial charge in [0.25, 0.3) is 0 Å². The zero-order chi connectivity index (χ0) is 34.1. The molecule has 232 valence electrons. The second-order valence-corrected chi connectivity index (χ2v) is 16.0. The van der Waals surface area contributed by atoms with Crippen LogP contribution in [0.15, 0.2) is 170 Å². The third-order valence-corrected chi connectivity index (χ3v) is 14.5. The second kappa shape index (κ2) is 12.6. The first-order valence-corrected chi connectivity index (χ1v) is 18.4. The number of rotatable bonds is 6. The van der Waals surface area contributed by atoms with Crippen molar-refractivity contribution in [2.75, 3.05) is 0 Å². The van der Waals surface area contributed by atoms with Crippen LogP contribution in [-0.2, 0) is 0 Å². The molecule has 0 atom stereocenters. The first-order chi connectivity index (χ1) is 24.7. The van der Waals surface area contributed by atoms with E-state index in [2.05, 4.69) is 120 Å². The van der Waals surface area contributed by atoms with Crippen molar-refractivity contribution in [3.8, 4) is 35.0 Å². The van der Waals surface area contributed by atoms with Crippen LogP contribution in [0.3, 0.4) is 0 Å². The van der Waals surface area contributed by atoms with Crippen LogP contribution in [0, 0.1) is 34.0 Å². The molecule has 7 aromatic carbocycles. The summed E-state index contributed by atoms with van der Waals surface area (Å²) in [7, 11) is -3.04. The first kappa shape index (κ1) is 30.4. The fourth-order valence-corrected chi connectivity index (χ4v) is 12.5. The van der Waals surface area contributed by atoms with E-state index < -0.39 is 8.07 Å². The van der Waals surface area contributed by atoms with Gasteiger partial charge in [0, 0.05) is 21.9 Å². The van der Waals surface area contributed by atoms with Gasteiger partial charge in [-0.15, -0.1) is 0 Å². The molecule has 0 aliphatic carbocycles. The minimum Gasteiger partial charge on any atom is -0.309 e. The number of aromatic nitrogens is 1. The summed E-state index contributed by atoms with van der Waals surface area (Å²) < 4.78 is 2.16. The Morgan fingerprint density at radius 1 is 0.420 bits per heavy atom. The molecule has 0 aliphatic heterocycles. The Hall–Kier alpha value is -6.97. The Kier molecular flexibility index (Phi) is 7.63. The number of nitriles is 3. The molecule has 0 aliphatic rings. The molecule has 0 saturated heterocycles. The number of hydrogen-bond acceptors (Lipinski definition) is 3. The van der Waals surface area contributed by atoms with Crippen molar-refractivity contribution in [1.82, 2.24) is 4.57 Å². The number of benzene rings is 7. The average Bonchev–Trinajstić information content (AvgIpc) is 3.52. The van der Waals surface area contributed by atoms with Crippen molar-refractivity contribution < 1.29 is 0 Å². The highest BCUT2D eigenvalue weighted by Gasteiger charge is 2.43. The quantitative estimate of drug-likeness (QED) is 0.138. The van der Waals surface area contributed by atoms with E-state index in [1.807, 2.05) is 72.8 Å². The zero-order valence-electron chi connectivity index (χ0n) is 27.0. The lowest BCUT2D eigenvalue weighted by molar-refractivity contribution is 1.18. The van der Waals surface area contributed by atoms with Gasteiger partial charge in [0.2, 0.25) is 0 Å². The standard InChI is InChI=1S/C45H28N4Si/c46-29-32-24-26-43-40(27-32)38-19-10-11-21-42(38)49(43)44-28-33(30-47)23-25-39(44)37-20-12-22-45(41(37)31-48)50(34-13-4-1-5-14-34,35-15-6-2-7-16-35)36-17-8-3-9-18-36/h1-28H. The summed E-state index contributed by atoms with van der Waals surface area (Å²) in [6.07, 6.45) is 0. The summed E-state index contributed by atoms with van der Waals surface area (Å²) in [6, 6.07) is 64.8. The Bertz CT molecular complexity index is 2580. The van der Waals surface area contributed by atoms with Crippen LogP contribution in [0.25, 0.3) is 38.6 Å². The molecule has 0 fully saturated rings. The molecule has 0 N–H and O–H groups in total. The third kappa shape index (κ3) is 4.72. The SMILES string of the molecule is N#Cc1ccc(-c2cccc([Si](c3ccccc3)(c3ccccc3)c3ccccc3)c2C#N)c(-n2c3ccccc3c3cc(C#N)ccc32)c1. The van der Waals surface area contributed by atoms with Crippen LogP contribution in [0.1, 0.15) is 16.7 Å². The summed E-state index contributed by atoms with van der Waals surface area (Å²) in [4.78, 5) is 0. The van der Waals surface area contributed by atoms with Gasteiger partial charge in [0.05, 0.1) is 51.6 Å². The van der Waals surface area contributed by atoms with Crippen LogP contribution < -0.4 is 20.7 Å². The molecule has 4 nitrogen and oxygen atoms in total. The normalized spacial score (nSPS) is 11.1. The predicted molar refractivity (Wildman–Crippen MR) is 204 cm³/mol. The van der Waals surface area contributed by atoms with Crippen molar-refractivity contribution >= 4 is 50.6 Å². The highest BCUT2D eigenvalue weighted by molar-refractivity contribution is 7.20. The Balaban J connectivity index is 1.49. The van der Waals surface area contributed by atoms with Gasteiger partial charge in [-0.1, -0.05) is 133 Å². The molecule has 5 heteroatoms. The Morgan fingerprint density at radius 2 is 0.960 bits per heavy atom. The maximum absolute atomic E-state index is 11.3. The van der Waals surface area contributed by atoms with Gasteiger partial charge >= 0.3 is 0 Å². The third-order valence-electron chi connectivity index (χ3n) is 9.66. The fraction of sp³-hybridized carbons (Fsp3) is 0. The van der Waals surface area contributed by atoms with Crippen molar-refractivity contribution in [3.05, 3.63) is 187 Å². The minimum atomic E-state index is -3.04. The molecular formula is C45H28N4Si. The second-order valence-electron chi connectivity index (χ2n) is 12.2. The summed E-state index contributed by atoms with van der Waals surface area (Å²) in [5.74, 6) is 0. The lowest BCUT2D eigenvalue weighted by atomic mass is 9.97. The minimum absolute atomic E-state index is 0.513. The van der Waals surface area contributed by atoms with Gasteiger partial charge < -0.3 is 4.57 Å². The van der Waals surface area contributed by atoms with Crippen molar-refractivity contribution in [3.63, 3.8) is 0 Å². The molecule has 1 heterocycles. The Labute approximate surface area is 291 Å². The number of fused-ring (bicyclic) bond motifs is 3. The maximum atomic E-state index is 11.3. The van der Waals surface area contributed by atoms with Crippen LogP contribution in [0.4, 0.5) is 0 Å². The van der Waals surface area contributed by atoms with Gasteiger partial charge in [-0.25, -0.2) is 0 Å².